The molecule has 0 saturated heterocycles. The van der Waals surface area contributed by atoms with E-state index >= 15 is 0 Å². The van der Waals surface area contributed by atoms with E-state index in [1.54, 1.807) is 19.4 Å². The molecule has 3 N–H and O–H groups in total. The zero-order valence-corrected chi connectivity index (χ0v) is 32.9. The highest BCUT2D eigenvalue weighted by Crippen LogP contribution is 2.25. The molecule has 0 aliphatic carbocycles. The molecule has 0 aromatic heterocycles. The molecule has 0 aliphatic rings. The third-order valence-electron chi connectivity index (χ3n) is 5.90. The summed E-state index contributed by atoms with van der Waals surface area (Å²) in [6, 6.07) is 6.51. The predicted octanol–water partition coefficient (Wildman–Crippen LogP) is 12.3. The Hall–Kier alpha value is -2.27. The first-order valence-corrected chi connectivity index (χ1v) is 16.8. The van der Waals surface area contributed by atoms with E-state index in [0.717, 1.165) is 29.7 Å². The van der Waals surface area contributed by atoms with Crippen LogP contribution in [0, 0.1) is 12.3 Å². The molecule has 4 nitrogen and oxygen atoms in total. The van der Waals surface area contributed by atoms with Crippen LogP contribution in [-0.2, 0) is 4.74 Å². The van der Waals surface area contributed by atoms with Crippen molar-refractivity contribution in [2.24, 2.45) is 16.1 Å². The minimum absolute atomic E-state index is 0.0770. The van der Waals surface area contributed by atoms with Gasteiger partial charge in [-0.05, 0) is 92.5 Å². The fraction of sp³-hybridized carbons (Fsp3) is 0.625. The maximum Gasteiger partial charge on any atom is 0.0965 e. The van der Waals surface area contributed by atoms with Gasteiger partial charge in [0.25, 0.3) is 0 Å². The smallest absolute Gasteiger partial charge is 0.0965 e. The number of rotatable bonds is 10. The van der Waals surface area contributed by atoms with Crippen molar-refractivity contribution >= 4 is 17.9 Å². The molecule has 1 atom stereocenters. The van der Waals surface area contributed by atoms with Gasteiger partial charge in [0.2, 0.25) is 0 Å². The molecular weight excluding hydrogens is 540 g/mol. The number of methoxy groups -OCH3 is 1. The number of hydrogen-bond donors (Lipinski definition) is 2. The average molecular weight is 619 g/mol. The molecule has 260 valence electrons. The van der Waals surface area contributed by atoms with Crippen molar-refractivity contribution in [3.05, 3.63) is 71.0 Å². The van der Waals surface area contributed by atoms with E-state index in [4.69, 9.17) is 9.84 Å². The minimum atomic E-state index is -0.0770. The zero-order chi connectivity index (χ0) is 36.3. The van der Waals surface area contributed by atoms with Crippen molar-refractivity contribution in [3.63, 3.8) is 0 Å². The molecule has 0 radical (unpaired) electrons. The van der Waals surface area contributed by atoms with Crippen molar-refractivity contribution < 1.29 is 9.84 Å². The molecular formula is C40H78N2O2. The second-order valence-corrected chi connectivity index (χ2v) is 10.3. The van der Waals surface area contributed by atoms with Crippen LogP contribution in [0.25, 0.3) is 11.6 Å². The van der Waals surface area contributed by atoms with E-state index < -0.39 is 0 Å². The Balaban J connectivity index is -0.000000156. The second-order valence-electron chi connectivity index (χ2n) is 10.3. The van der Waals surface area contributed by atoms with Gasteiger partial charge in [0.1, 0.15) is 0 Å². The van der Waals surface area contributed by atoms with E-state index in [-0.39, 0.29) is 11.5 Å². The third kappa shape index (κ3) is 29.8. The highest BCUT2D eigenvalue weighted by atomic mass is 16.5. The molecule has 0 heterocycles. The van der Waals surface area contributed by atoms with Gasteiger partial charge >= 0.3 is 0 Å². The largest absolute Gasteiger partial charge is 0.396 e. The lowest BCUT2D eigenvalue weighted by Gasteiger charge is -2.17. The Bertz CT molecular complexity index is 869. The number of aliphatic imine (C=N–C) groups is 1. The number of ether oxygens (including phenoxy) is 1. The first kappa shape index (κ1) is 54.2. The van der Waals surface area contributed by atoms with Crippen molar-refractivity contribution in [1.82, 2.24) is 0 Å². The second kappa shape index (κ2) is 38.8. The minimum Gasteiger partial charge on any atom is -0.396 e. The van der Waals surface area contributed by atoms with Crippen LogP contribution in [0.1, 0.15) is 146 Å². The summed E-state index contributed by atoms with van der Waals surface area (Å²) in [6.07, 6.45) is 10.0. The van der Waals surface area contributed by atoms with Crippen LogP contribution in [0.15, 0.2) is 59.3 Å². The van der Waals surface area contributed by atoms with Gasteiger partial charge in [0.05, 0.1) is 11.8 Å². The molecule has 0 saturated carbocycles. The summed E-state index contributed by atoms with van der Waals surface area (Å²) in [5.74, 6) is 0. The van der Waals surface area contributed by atoms with E-state index in [2.05, 4.69) is 110 Å². The van der Waals surface area contributed by atoms with Gasteiger partial charge in [-0.25, -0.2) is 0 Å². The first-order chi connectivity index (χ1) is 20.8. The maximum atomic E-state index is 8.59. The lowest BCUT2D eigenvalue weighted by atomic mass is 9.92. The van der Waals surface area contributed by atoms with Gasteiger partial charge in [-0.3, -0.25) is 4.99 Å². The molecule has 1 aromatic rings. The highest BCUT2D eigenvalue weighted by molar-refractivity contribution is 5.72. The summed E-state index contributed by atoms with van der Waals surface area (Å²) in [5.41, 5.74) is 12.7. The van der Waals surface area contributed by atoms with Crippen molar-refractivity contribution in [1.29, 1.82) is 0 Å². The number of aryl methyl sites for hydroxylation is 1. The molecule has 0 fully saturated rings. The van der Waals surface area contributed by atoms with E-state index in [1.165, 1.54) is 42.2 Å². The van der Waals surface area contributed by atoms with Gasteiger partial charge in [-0.15, -0.1) is 0 Å². The van der Waals surface area contributed by atoms with Gasteiger partial charge < -0.3 is 15.6 Å². The number of nitrogens with zero attached hydrogens (tertiary/aromatic N) is 1. The molecule has 0 spiro atoms. The van der Waals surface area contributed by atoms with E-state index in [1.807, 2.05) is 48.5 Å². The van der Waals surface area contributed by atoms with Gasteiger partial charge in [0.15, 0.2) is 0 Å². The lowest BCUT2D eigenvalue weighted by molar-refractivity contribution is 0.145. The van der Waals surface area contributed by atoms with Gasteiger partial charge in [-0.2, -0.15) is 0 Å². The molecule has 1 rings (SSSR count). The quantitative estimate of drug-likeness (QED) is 0.202. The molecule has 44 heavy (non-hydrogen) atoms. The fourth-order valence-electron chi connectivity index (χ4n) is 2.63. The number of aliphatic hydroxyl groups is 1. The topological polar surface area (TPSA) is 67.8 Å². The first-order valence-electron chi connectivity index (χ1n) is 16.8. The Kier molecular flexibility index (Phi) is 47.8. The van der Waals surface area contributed by atoms with Gasteiger partial charge in [0, 0.05) is 19.9 Å². The van der Waals surface area contributed by atoms with Crippen LogP contribution in [0.5, 0.6) is 0 Å². The van der Waals surface area contributed by atoms with Crippen LogP contribution in [0.3, 0.4) is 0 Å². The van der Waals surface area contributed by atoms with Crippen molar-refractivity contribution in [2.75, 3.05) is 20.8 Å². The van der Waals surface area contributed by atoms with Crippen LogP contribution < -0.4 is 5.73 Å². The number of hydrogen-bond acceptors (Lipinski definition) is 4. The number of nitrogens with two attached hydrogens (primary N) is 1. The summed E-state index contributed by atoms with van der Waals surface area (Å²) in [6.45, 7) is 41.3. The van der Waals surface area contributed by atoms with E-state index in [0.29, 0.717) is 6.61 Å². The molecule has 4 heteroatoms. The zero-order valence-electron chi connectivity index (χ0n) is 32.9. The predicted molar refractivity (Wildman–Crippen MR) is 208 cm³/mol. The van der Waals surface area contributed by atoms with Crippen molar-refractivity contribution in [2.45, 2.75) is 143 Å². The molecule has 0 bridgehead atoms. The summed E-state index contributed by atoms with van der Waals surface area (Å²) in [5, 5.41) is 8.59. The lowest BCUT2D eigenvalue weighted by Crippen LogP contribution is -2.14. The highest BCUT2D eigenvalue weighted by Gasteiger charge is 2.12. The van der Waals surface area contributed by atoms with Crippen LogP contribution in [0.4, 0.5) is 0 Å². The SMILES string of the molecule is C=CC=N/C(=C(C)/C(C)=C/c1cc(C(=C)CC)ccc1C)C(C)OC.CC.CC.CCC.CCC.CCC(C)(C)CO.CN. The standard InChI is InChI=1S/C23H31NO.C6H14O.2C3H8.2C2H6.CH5N/c1-9-13-24-23(20(7)25-8)19(6)18(5)14-22-15-21(16(3)10-2)12-11-17(22)4;1-4-6(2,3)5-7;2*1-3-2;3*1-2/h9,11-15,20H,1,3,10H2,2,4-8H3;7H,4-5H2,1-3H3;2*3H2,1-2H3;2*1-2H3;2H2,1H3/b18-14+,23-19+,24-13?;;;;;;. The Morgan fingerprint density at radius 3 is 1.77 bits per heavy atom. The summed E-state index contributed by atoms with van der Waals surface area (Å²) >= 11 is 0. The average Bonchev–Trinajstić information content (AvgIpc) is 3.05. The monoisotopic (exact) mass is 619 g/mol. The molecule has 0 aliphatic heterocycles. The third-order valence-corrected chi connectivity index (χ3v) is 5.90. The summed E-state index contributed by atoms with van der Waals surface area (Å²) < 4.78 is 5.47. The van der Waals surface area contributed by atoms with Crippen molar-refractivity contribution in [3.8, 4) is 0 Å². The fourth-order valence-corrected chi connectivity index (χ4v) is 2.63. The van der Waals surface area contributed by atoms with Crippen LogP contribution >= 0.6 is 0 Å². The normalized spacial score (nSPS) is 11.3. The maximum absolute atomic E-state index is 8.59. The van der Waals surface area contributed by atoms with Crippen LogP contribution in [-0.4, -0.2) is 38.2 Å². The Morgan fingerprint density at radius 2 is 1.45 bits per heavy atom. The molecule has 1 aromatic carbocycles. The van der Waals surface area contributed by atoms with E-state index in [9.17, 15) is 0 Å². The molecule has 0 amide bonds. The van der Waals surface area contributed by atoms with Crippen LogP contribution in [0.2, 0.25) is 0 Å². The summed E-state index contributed by atoms with van der Waals surface area (Å²) in [7, 11) is 3.20. The van der Waals surface area contributed by atoms with Gasteiger partial charge in [-0.1, -0.05) is 133 Å². The number of aliphatic hydroxyl groups excluding tert-OH is 1. The number of allylic oxidation sites excluding steroid dienone is 4. The summed E-state index contributed by atoms with van der Waals surface area (Å²) in [4.78, 5) is 4.51. The molecule has 1 unspecified atom stereocenters. The Labute approximate surface area is 277 Å². The number of benzene rings is 1. The Morgan fingerprint density at radius 1 is 1.00 bits per heavy atom.